The average molecular weight is 270 g/mol. The van der Waals surface area contributed by atoms with Gasteiger partial charge in [-0.05, 0) is 26.2 Å². The van der Waals surface area contributed by atoms with E-state index in [1.807, 2.05) is 6.92 Å². The van der Waals surface area contributed by atoms with Gasteiger partial charge in [0.05, 0.1) is 6.61 Å². The van der Waals surface area contributed by atoms with E-state index >= 15 is 0 Å². The van der Waals surface area contributed by atoms with Crippen molar-refractivity contribution in [2.45, 2.75) is 64.8 Å². The summed E-state index contributed by atoms with van der Waals surface area (Å²) in [6, 6.07) is 0. The minimum atomic E-state index is -4.84. The van der Waals surface area contributed by atoms with E-state index in [1.54, 1.807) is 6.92 Å². The second-order valence-corrected chi connectivity index (χ2v) is 4.37. The first-order valence-corrected chi connectivity index (χ1v) is 6.19. The number of halogens is 3. The molecule has 18 heavy (non-hydrogen) atoms. The fourth-order valence-corrected chi connectivity index (χ4v) is 1.51. The van der Waals surface area contributed by atoms with Crippen LogP contribution in [-0.4, -0.2) is 24.5 Å². The molecule has 0 aliphatic heterocycles. The van der Waals surface area contributed by atoms with Crippen LogP contribution < -0.4 is 0 Å². The Morgan fingerprint density at radius 2 is 1.72 bits per heavy atom. The summed E-state index contributed by atoms with van der Waals surface area (Å²) in [6.45, 7) is 4.93. The highest BCUT2D eigenvalue weighted by Gasteiger charge is 2.46. The van der Waals surface area contributed by atoms with Crippen molar-refractivity contribution < 1.29 is 27.4 Å². The van der Waals surface area contributed by atoms with Gasteiger partial charge in [-0.2, -0.15) is 0 Å². The summed E-state index contributed by atoms with van der Waals surface area (Å²) >= 11 is 0. The molecule has 0 bridgehead atoms. The van der Waals surface area contributed by atoms with Crippen LogP contribution in [0, 0.1) is 0 Å². The third kappa shape index (κ3) is 6.83. The number of rotatable bonds is 8. The Labute approximate surface area is 106 Å². The summed E-state index contributed by atoms with van der Waals surface area (Å²) in [4.78, 5) is 11.6. The number of unbranched alkanes of at least 4 members (excludes halogenated alkanes) is 2. The number of hydrogen-bond donors (Lipinski definition) is 0. The molecule has 0 saturated heterocycles. The zero-order valence-corrected chi connectivity index (χ0v) is 11.1. The standard InChI is InChI=1S/C12H21F3O3/c1-4-6-7-8-11(3,18-12(13,14)15)10(16)17-9-5-2/h4-9H2,1-3H3. The van der Waals surface area contributed by atoms with Crippen LogP contribution in [-0.2, 0) is 14.3 Å². The van der Waals surface area contributed by atoms with Crippen LogP contribution in [0.2, 0.25) is 0 Å². The number of carbonyl (C=O) groups excluding carboxylic acids is 1. The van der Waals surface area contributed by atoms with E-state index in [-0.39, 0.29) is 13.0 Å². The molecular weight excluding hydrogens is 249 g/mol. The fraction of sp³-hybridized carbons (Fsp3) is 0.917. The fourth-order valence-electron chi connectivity index (χ4n) is 1.51. The molecule has 0 aliphatic carbocycles. The molecule has 0 aromatic rings. The van der Waals surface area contributed by atoms with Gasteiger partial charge in [0.1, 0.15) is 0 Å². The van der Waals surface area contributed by atoms with Crippen molar-refractivity contribution in [3.8, 4) is 0 Å². The quantitative estimate of drug-likeness (QED) is 0.497. The van der Waals surface area contributed by atoms with Crippen molar-refractivity contribution in [2.75, 3.05) is 6.61 Å². The van der Waals surface area contributed by atoms with Gasteiger partial charge in [-0.3, -0.25) is 4.74 Å². The maximum Gasteiger partial charge on any atom is 0.523 e. The van der Waals surface area contributed by atoms with Gasteiger partial charge in [-0.15, -0.1) is 13.2 Å². The van der Waals surface area contributed by atoms with Crippen LogP contribution in [0.5, 0.6) is 0 Å². The van der Waals surface area contributed by atoms with Gasteiger partial charge in [0.15, 0.2) is 5.60 Å². The van der Waals surface area contributed by atoms with Crippen molar-refractivity contribution >= 4 is 5.97 Å². The van der Waals surface area contributed by atoms with Crippen LogP contribution in [0.4, 0.5) is 13.2 Å². The van der Waals surface area contributed by atoms with Gasteiger partial charge in [0.2, 0.25) is 0 Å². The minimum absolute atomic E-state index is 0.00287. The van der Waals surface area contributed by atoms with Gasteiger partial charge in [-0.1, -0.05) is 26.7 Å². The molecule has 1 unspecified atom stereocenters. The summed E-state index contributed by atoms with van der Waals surface area (Å²) in [6.07, 6.45) is -2.19. The van der Waals surface area contributed by atoms with E-state index < -0.39 is 17.9 Å². The molecule has 0 amide bonds. The van der Waals surface area contributed by atoms with Gasteiger partial charge in [0, 0.05) is 0 Å². The van der Waals surface area contributed by atoms with Crippen LogP contribution in [0.15, 0.2) is 0 Å². The SMILES string of the molecule is CCCCCC(C)(OC(F)(F)F)C(=O)OCCC. The Morgan fingerprint density at radius 3 is 2.17 bits per heavy atom. The first-order valence-electron chi connectivity index (χ1n) is 6.19. The molecule has 0 aromatic carbocycles. The van der Waals surface area contributed by atoms with Crippen molar-refractivity contribution in [3.05, 3.63) is 0 Å². The smallest absolute Gasteiger partial charge is 0.464 e. The summed E-state index contributed by atoms with van der Waals surface area (Å²) in [5.41, 5.74) is -1.94. The van der Waals surface area contributed by atoms with E-state index in [1.165, 1.54) is 0 Å². The van der Waals surface area contributed by atoms with Crippen molar-refractivity contribution in [1.29, 1.82) is 0 Å². The maximum absolute atomic E-state index is 12.3. The van der Waals surface area contributed by atoms with Crippen molar-refractivity contribution in [3.63, 3.8) is 0 Å². The first kappa shape index (κ1) is 17.2. The third-order valence-corrected chi connectivity index (χ3v) is 2.47. The molecule has 0 fully saturated rings. The Morgan fingerprint density at radius 1 is 1.11 bits per heavy atom. The van der Waals surface area contributed by atoms with E-state index in [4.69, 9.17) is 4.74 Å². The Kier molecular flexibility index (Phi) is 7.28. The summed E-state index contributed by atoms with van der Waals surface area (Å²) in [5.74, 6) is -0.947. The number of carbonyl (C=O) groups is 1. The predicted octanol–water partition coefficient (Wildman–Crippen LogP) is 3.82. The number of hydrogen-bond acceptors (Lipinski definition) is 3. The third-order valence-electron chi connectivity index (χ3n) is 2.47. The predicted molar refractivity (Wildman–Crippen MR) is 60.9 cm³/mol. The van der Waals surface area contributed by atoms with E-state index in [0.717, 1.165) is 19.8 Å². The molecule has 6 heteroatoms. The average Bonchev–Trinajstić information content (AvgIpc) is 2.23. The molecule has 0 saturated carbocycles. The zero-order valence-electron chi connectivity index (χ0n) is 11.1. The molecule has 108 valence electrons. The lowest BCUT2D eigenvalue weighted by atomic mass is 9.98. The second-order valence-electron chi connectivity index (χ2n) is 4.37. The molecule has 0 rings (SSSR count). The summed E-state index contributed by atoms with van der Waals surface area (Å²) < 4.78 is 45.7. The van der Waals surface area contributed by atoms with Gasteiger partial charge >= 0.3 is 12.3 Å². The lowest BCUT2D eigenvalue weighted by Crippen LogP contribution is -2.44. The van der Waals surface area contributed by atoms with Gasteiger partial charge in [0.25, 0.3) is 0 Å². The molecule has 0 heterocycles. The lowest BCUT2D eigenvalue weighted by molar-refractivity contribution is -0.361. The Bertz CT molecular complexity index is 253. The molecule has 3 nitrogen and oxygen atoms in total. The van der Waals surface area contributed by atoms with Crippen LogP contribution >= 0.6 is 0 Å². The molecular formula is C12H21F3O3. The molecule has 1 atom stereocenters. The van der Waals surface area contributed by atoms with E-state index in [9.17, 15) is 18.0 Å². The number of esters is 1. The summed E-state index contributed by atoms with van der Waals surface area (Å²) in [5, 5.41) is 0. The molecule has 0 N–H and O–H groups in total. The highest BCUT2D eigenvalue weighted by molar-refractivity contribution is 5.79. The van der Waals surface area contributed by atoms with E-state index in [0.29, 0.717) is 12.8 Å². The zero-order chi connectivity index (χ0) is 14.2. The van der Waals surface area contributed by atoms with Crippen LogP contribution in [0.3, 0.4) is 0 Å². The molecule has 0 spiro atoms. The van der Waals surface area contributed by atoms with Crippen LogP contribution in [0.25, 0.3) is 0 Å². The highest BCUT2D eigenvalue weighted by atomic mass is 19.4. The maximum atomic E-state index is 12.3. The van der Waals surface area contributed by atoms with Crippen molar-refractivity contribution in [1.82, 2.24) is 0 Å². The monoisotopic (exact) mass is 270 g/mol. The lowest BCUT2D eigenvalue weighted by Gasteiger charge is -2.28. The van der Waals surface area contributed by atoms with Crippen molar-refractivity contribution in [2.24, 2.45) is 0 Å². The largest absolute Gasteiger partial charge is 0.523 e. The van der Waals surface area contributed by atoms with E-state index in [2.05, 4.69) is 4.74 Å². The van der Waals surface area contributed by atoms with Gasteiger partial charge in [-0.25, -0.2) is 4.79 Å². The minimum Gasteiger partial charge on any atom is -0.464 e. The van der Waals surface area contributed by atoms with Crippen LogP contribution in [0.1, 0.15) is 52.9 Å². The molecule has 0 radical (unpaired) electrons. The topological polar surface area (TPSA) is 35.5 Å². The Balaban J connectivity index is 4.62. The normalized spacial score (nSPS) is 15.2. The molecule has 0 aromatic heterocycles. The second kappa shape index (κ2) is 7.61. The number of alkyl halides is 3. The van der Waals surface area contributed by atoms with Gasteiger partial charge < -0.3 is 4.74 Å². The first-order chi connectivity index (χ1) is 8.25. The highest BCUT2D eigenvalue weighted by Crippen LogP contribution is 2.30. The summed E-state index contributed by atoms with van der Waals surface area (Å²) in [7, 11) is 0. The molecule has 0 aliphatic rings. The number of ether oxygens (including phenoxy) is 2. The Hall–Kier alpha value is -0.780.